The number of nitro benzene ring substituents is 1. The molecule has 0 amide bonds. The summed E-state index contributed by atoms with van der Waals surface area (Å²) in [7, 11) is 0. The Balaban J connectivity index is 2.27. The van der Waals surface area contributed by atoms with Crippen molar-refractivity contribution in [1.82, 2.24) is 0 Å². The fourth-order valence-corrected chi connectivity index (χ4v) is 2.12. The maximum atomic E-state index is 10.6. The van der Waals surface area contributed by atoms with Gasteiger partial charge in [0.2, 0.25) is 0 Å². The second-order valence-corrected chi connectivity index (χ2v) is 5.12. The third kappa shape index (κ3) is 5.37. The van der Waals surface area contributed by atoms with Crippen LogP contribution in [0.2, 0.25) is 0 Å². The first-order valence-electron chi connectivity index (χ1n) is 5.69. The third-order valence-electron chi connectivity index (χ3n) is 2.24. The summed E-state index contributed by atoms with van der Waals surface area (Å²) in [6, 6.07) is 6.16. The summed E-state index contributed by atoms with van der Waals surface area (Å²) in [6.45, 7) is 2.68. The van der Waals surface area contributed by atoms with Crippen LogP contribution in [0.15, 0.2) is 24.3 Å². The summed E-state index contributed by atoms with van der Waals surface area (Å²) in [5, 5.41) is 19.4. The van der Waals surface area contributed by atoms with Crippen molar-refractivity contribution in [3.63, 3.8) is 0 Å². The molecule has 1 aromatic carbocycles. The lowest BCUT2D eigenvalue weighted by atomic mass is 10.2. The molecule has 1 rings (SSSR count). The van der Waals surface area contributed by atoms with Crippen molar-refractivity contribution in [2.75, 3.05) is 24.7 Å². The van der Waals surface area contributed by atoms with Crippen LogP contribution in [0.4, 0.5) is 5.69 Å². The zero-order valence-electron chi connectivity index (χ0n) is 10.2. The molecule has 0 spiro atoms. The summed E-state index contributed by atoms with van der Waals surface area (Å²) in [5.74, 6) is 2.48. The maximum Gasteiger partial charge on any atom is 0.273 e. The van der Waals surface area contributed by atoms with Gasteiger partial charge in [0.05, 0.1) is 17.6 Å². The highest BCUT2D eigenvalue weighted by Crippen LogP contribution is 2.19. The van der Waals surface area contributed by atoms with E-state index in [1.54, 1.807) is 23.9 Å². The lowest BCUT2D eigenvalue weighted by Gasteiger charge is -2.08. The molecule has 0 fully saturated rings. The van der Waals surface area contributed by atoms with Crippen LogP contribution in [0.3, 0.4) is 0 Å². The average molecular weight is 271 g/mol. The number of aliphatic hydroxyl groups is 1. The van der Waals surface area contributed by atoms with Crippen LogP contribution in [0, 0.1) is 16.0 Å². The summed E-state index contributed by atoms with van der Waals surface area (Å²) >= 11 is 1.70. The number of nitrogens with zero attached hydrogens (tertiary/aromatic N) is 1. The van der Waals surface area contributed by atoms with Gasteiger partial charge in [-0.05, 0) is 17.7 Å². The van der Waals surface area contributed by atoms with E-state index in [-0.39, 0.29) is 18.2 Å². The number of benzene rings is 1. The average Bonchev–Trinajstić information content (AvgIpc) is 2.38. The van der Waals surface area contributed by atoms with Gasteiger partial charge in [-0.15, -0.1) is 0 Å². The van der Waals surface area contributed by atoms with Crippen molar-refractivity contribution in [3.05, 3.63) is 34.4 Å². The van der Waals surface area contributed by atoms with E-state index >= 15 is 0 Å². The van der Waals surface area contributed by atoms with Crippen molar-refractivity contribution in [2.24, 2.45) is 5.92 Å². The predicted molar refractivity (Wildman–Crippen MR) is 72.2 cm³/mol. The molecule has 0 radical (unpaired) electrons. The Morgan fingerprint density at radius 2 is 2.33 bits per heavy atom. The fourth-order valence-electron chi connectivity index (χ4n) is 1.24. The van der Waals surface area contributed by atoms with E-state index in [4.69, 9.17) is 9.84 Å². The van der Waals surface area contributed by atoms with E-state index in [1.165, 1.54) is 12.1 Å². The van der Waals surface area contributed by atoms with Gasteiger partial charge in [0, 0.05) is 18.4 Å². The lowest BCUT2D eigenvalue weighted by molar-refractivity contribution is -0.384. The van der Waals surface area contributed by atoms with Crippen molar-refractivity contribution >= 4 is 17.4 Å². The summed E-state index contributed by atoms with van der Waals surface area (Å²) in [6.07, 6.45) is 0. The first kappa shape index (κ1) is 14.8. The quantitative estimate of drug-likeness (QED) is 0.446. The lowest BCUT2D eigenvalue weighted by Crippen LogP contribution is -2.06. The molecule has 100 valence electrons. The predicted octanol–water partition coefficient (Wildman–Crippen LogP) is 2.34. The van der Waals surface area contributed by atoms with Gasteiger partial charge >= 0.3 is 0 Å². The molecule has 0 aliphatic heterocycles. The van der Waals surface area contributed by atoms with Crippen LogP contribution in [-0.4, -0.2) is 34.7 Å². The van der Waals surface area contributed by atoms with Gasteiger partial charge in [0.1, 0.15) is 5.75 Å². The van der Waals surface area contributed by atoms with Crippen LogP contribution in [0.25, 0.3) is 0 Å². The molecule has 1 N–H and O–H groups in total. The Labute approximate surface area is 110 Å². The van der Waals surface area contributed by atoms with Gasteiger partial charge in [-0.1, -0.05) is 13.0 Å². The molecule has 1 atom stereocenters. The monoisotopic (exact) mass is 271 g/mol. The molecule has 0 saturated heterocycles. The molecule has 1 aromatic rings. The number of nitro groups is 1. The van der Waals surface area contributed by atoms with E-state index in [9.17, 15) is 10.1 Å². The second kappa shape index (κ2) is 7.94. The van der Waals surface area contributed by atoms with Gasteiger partial charge in [-0.25, -0.2) is 0 Å². The van der Waals surface area contributed by atoms with Crippen molar-refractivity contribution < 1.29 is 14.8 Å². The van der Waals surface area contributed by atoms with Crippen LogP contribution in [-0.2, 0) is 0 Å². The molecule has 0 aliphatic rings. The van der Waals surface area contributed by atoms with E-state index in [0.29, 0.717) is 12.4 Å². The number of hydrogen-bond donors (Lipinski definition) is 1. The van der Waals surface area contributed by atoms with Crippen molar-refractivity contribution in [2.45, 2.75) is 6.92 Å². The maximum absolute atomic E-state index is 10.6. The van der Waals surface area contributed by atoms with E-state index in [2.05, 4.69) is 0 Å². The molecule has 1 unspecified atom stereocenters. The largest absolute Gasteiger partial charge is 0.492 e. The Kier molecular flexibility index (Phi) is 6.53. The summed E-state index contributed by atoms with van der Waals surface area (Å²) in [4.78, 5) is 10.1. The molecule has 6 heteroatoms. The highest BCUT2D eigenvalue weighted by Gasteiger charge is 2.06. The summed E-state index contributed by atoms with van der Waals surface area (Å²) < 4.78 is 5.42. The van der Waals surface area contributed by atoms with Crippen LogP contribution in [0.5, 0.6) is 5.75 Å². The molecule has 0 aliphatic carbocycles. The van der Waals surface area contributed by atoms with Crippen LogP contribution < -0.4 is 4.74 Å². The first-order chi connectivity index (χ1) is 8.63. The Hall–Kier alpha value is -1.27. The van der Waals surface area contributed by atoms with E-state index in [0.717, 1.165) is 11.5 Å². The normalized spacial score (nSPS) is 12.1. The molecule has 0 aromatic heterocycles. The molecule has 0 bridgehead atoms. The van der Waals surface area contributed by atoms with Crippen LogP contribution >= 0.6 is 11.8 Å². The molecule has 0 heterocycles. The molecule has 18 heavy (non-hydrogen) atoms. The number of non-ortho nitro benzene ring substituents is 1. The Morgan fingerprint density at radius 3 is 3.00 bits per heavy atom. The molecular weight excluding hydrogens is 254 g/mol. The minimum absolute atomic E-state index is 0.0362. The Bertz CT molecular complexity index is 386. The SMILES string of the molecule is CC(CO)CSCCOc1cccc([N+](=O)[O-])c1. The molecule has 5 nitrogen and oxygen atoms in total. The third-order valence-corrected chi connectivity index (χ3v) is 3.50. The number of ether oxygens (including phenoxy) is 1. The topological polar surface area (TPSA) is 72.6 Å². The zero-order valence-corrected chi connectivity index (χ0v) is 11.1. The zero-order chi connectivity index (χ0) is 13.4. The fraction of sp³-hybridized carbons (Fsp3) is 0.500. The number of hydrogen-bond acceptors (Lipinski definition) is 5. The van der Waals surface area contributed by atoms with Crippen molar-refractivity contribution in [3.8, 4) is 5.75 Å². The Morgan fingerprint density at radius 1 is 1.56 bits per heavy atom. The minimum atomic E-state index is -0.440. The molecular formula is C12H17NO4S. The molecule has 0 saturated carbocycles. The van der Waals surface area contributed by atoms with Gasteiger partial charge in [0.25, 0.3) is 5.69 Å². The standard InChI is InChI=1S/C12H17NO4S/c1-10(8-14)9-18-6-5-17-12-4-2-3-11(7-12)13(15)16/h2-4,7,10,14H,5-6,8-9H2,1H3. The number of aliphatic hydroxyl groups excluding tert-OH is 1. The first-order valence-corrected chi connectivity index (χ1v) is 6.85. The number of rotatable bonds is 8. The van der Waals surface area contributed by atoms with Crippen LogP contribution in [0.1, 0.15) is 6.92 Å². The summed E-state index contributed by atoms with van der Waals surface area (Å²) in [5.41, 5.74) is 0.0362. The van der Waals surface area contributed by atoms with E-state index < -0.39 is 4.92 Å². The second-order valence-electron chi connectivity index (χ2n) is 3.97. The van der Waals surface area contributed by atoms with Gasteiger partial charge < -0.3 is 9.84 Å². The van der Waals surface area contributed by atoms with Gasteiger partial charge in [-0.3, -0.25) is 10.1 Å². The smallest absolute Gasteiger partial charge is 0.273 e. The van der Waals surface area contributed by atoms with E-state index in [1.807, 2.05) is 6.92 Å². The van der Waals surface area contributed by atoms with Crippen molar-refractivity contribution in [1.29, 1.82) is 0 Å². The minimum Gasteiger partial charge on any atom is -0.492 e. The number of thioether (sulfide) groups is 1. The highest BCUT2D eigenvalue weighted by atomic mass is 32.2. The van der Waals surface area contributed by atoms with Gasteiger partial charge in [0.15, 0.2) is 0 Å². The van der Waals surface area contributed by atoms with Gasteiger partial charge in [-0.2, -0.15) is 11.8 Å². The highest BCUT2D eigenvalue weighted by molar-refractivity contribution is 7.99.